The fourth-order valence-electron chi connectivity index (χ4n) is 4.87. The van der Waals surface area contributed by atoms with Crippen LogP contribution in [0.2, 0.25) is 0 Å². The molecular formula is C29H30N4O2. The number of carbonyl (C=O) groups excluding carboxylic acids is 2. The van der Waals surface area contributed by atoms with Crippen molar-refractivity contribution >= 4 is 28.4 Å². The zero-order valence-corrected chi connectivity index (χ0v) is 20.4. The van der Waals surface area contributed by atoms with Gasteiger partial charge in [0, 0.05) is 56.6 Å². The van der Waals surface area contributed by atoms with Crippen molar-refractivity contribution in [2.45, 2.75) is 25.6 Å². The lowest BCUT2D eigenvalue weighted by Gasteiger charge is -2.20. The van der Waals surface area contributed by atoms with Gasteiger partial charge >= 0.3 is 0 Å². The van der Waals surface area contributed by atoms with E-state index in [4.69, 9.17) is 0 Å². The van der Waals surface area contributed by atoms with Crippen molar-refractivity contribution in [3.63, 3.8) is 0 Å². The molecule has 1 unspecified atom stereocenters. The summed E-state index contributed by atoms with van der Waals surface area (Å²) in [6.45, 7) is 0.970. The first-order valence-corrected chi connectivity index (χ1v) is 11.9. The monoisotopic (exact) mass is 466 g/mol. The summed E-state index contributed by atoms with van der Waals surface area (Å²) in [6.07, 6.45) is 0.609. The van der Waals surface area contributed by atoms with Crippen molar-refractivity contribution in [1.29, 1.82) is 0 Å². The van der Waals surface area contributed by atoms with Crippen LogP contribution in [-0.4, -0.2) is 46.3 Å². The van der Waals surface area contributed by atoms with E-state index >= 15 is 0 Å². The molecule has 0 spiro atoms. The van der Waals surface area contributed by atoms with Crippen LogP contribution in [-0.2, 0) is 31.4 Å². The first-order chi connectivity index (χ1) is 16.9. The molecule has 1 N–H and O–H groups in total. The van der Waals surface area contributed by atoms with Crippen LogP contribution >= 0.6 is 0 Å². The highest BCUT2D eigenvalue weighted by molar-refractivity contribution is 5.95. The van der Waals surface area contributed by atoms with Crippen molar-refractivity contribution in [1.82, 2.24) is 14.4 Å². The van der Waals surface area contributed by atoms with Gasteiger partial charge in [0.2, 0.25) is 5.91 Å². The summed E-state index contributed by atoms with van der Waals surface area (Å²) >= 11 is 0. The smallest absolute Gasteiger partial charge is 0.253 e. The van der Waals surface area contributed by atoms with Gasteiger partial charge in [-0.15, -0.1) is 0 Å². The van der Waals surface area contributed by atoms with Crippen LogP contribution in [0.25, 0.3) is 10.9 Å². The van der Waals surface area contributed by atoms with Gasteiger partial charge < -0.3 is 19.7 Å². The fourth-order valence-corrected chi connectivity index (χ4v) is 4.87. The van der Waals surface area contributed by atoms with Crippen molar-refractivity contribution in [2.75, 3.05) is 19.4 Å². The number of amides is 2. The number of anilines is 1. The Balaban J connectivity index is 1.35. The van der Waals surface area contributed by atoms with Crippen LogP contribution in [0.4, 0.5) is 5.69 Å². The Kier molecular flexibility index (Phi) is 6.03. The number of aryl methyl sites for hydroxylation is 1. The highest BCUT2D eigenvalue weighted by Gasteiger charge is 2.28. The molecule has 6 heteroatoms. The number of benzene rings is 3. The highest BCUT2D eigenvalue weighted by Crippen LogP contribution is 2.26. The average molecular weight is 467 g/mol. The molecule has 1 aliphatic rings. The van der Waals surface area contributed by atoms with E-state index < -0.39 is 0 Å². The Morgan fingerprint density at radius 1 is 1.00 bits per heavy atom. The van der Waals surface area contributed by atoms with Crippen LogP contribution in [0.3, 0.4) is 0 Å². The van der Waals surface area contributed by atoms with Gasteiger partial charge in [-0.2, -0.15) is 0 Å². The van der Waals surface area contributed by atoms with E-state index in [9.17, 15) is 9.59 Å². The largest absolute Gasteiger partial charge is 0.373 e. The van der Waals surface area contributed by atoms with Gasteiger partial charge in [0.15, 0.2) is 0 Å². The number of aromatic nitrogens is 1. The van der Waals surface area contributed by atoms with Gasteiger partial charge in [0.25, 0.3) is 5.91 Å². The lowest BCUT2D eigenvalue weighted by atomic mass is 10.0. The minimum absolute atomic E-state index is 0.0443. The summed E-state index contributed by atoms with van der Waals surface area (Å²) in [4.78, 5) is 29.8. The van der Waals surface area contributed by atoms with Crippen molar-refractivity contribution in [2.24, 2.45) is 7.05 Å². The Hall–Kier alpha value is -4.06. The maximum atomic E-state index is 13.3. The average Bonchev–Trinajstić information content (AvgIpc) is 3.13. The first-order valence-electron chi connectivity index (χ1n) is 11.9. The van der Waals surface area contributed by atoms with E-state index in [1.165, 1.54) is 5.39 Å². The molecule has 3 aromatic carbocycles. The van der Waals surface area contributed by atoms with Crippen LogP contribution in [0, 0.1) is 0 Å². The lowest BCUT2D eigenvalue weighted by Crippen LogP contribution is -2.39. The Bertz CT molecular complexity index is 1390. The number of likely N-dealkylation sites (N-methyl/N-ethyl adjacent to an activating group) is 1. The van der Waals surface area contributed by atoms with Gasteiger partial charge in [-0.3, -0.25) is 9.59 Å². The molecule has 1 aromatic heterocycles. The number of nitrogens with one attached hydrogen (secondary N) is 1. The molecule has 5 rings (SSSR count). The summed E-state index contributed by atoms with van der Waals surface area (Å²) in [5.41, 5.74) is 5.80. The zero-order chi connectivity index (χ0) is 24.5. The minimum Gasteiger partial charge on any atom is -0.373 e. The predicted molar refractivity (Wildman–Crippen MR) is 139 cm³/mol. The summed E-state index contributed by atoms with van der Waals surface area (Å²) in [6, 6.07) is 25.7. The molecule has 0 radical (unpaired) electrons. The molecule has 0 saturated carbocycles. The number of hydrogen-bond donors (Lipinski definition) is 1. The third kappa shape index (κ3) is 4.52. The molecule has 35 heavy (non-hydrogen) atoms. The van der Waals surface area contributed by atoms with Gasteiger partial charge in [0.1, 0.15) is 6.04 Å². The normalized spacial score (nSPS) is 15.5. The number of hydrogen-bond acceptors (Lipinski definition) is 3. The van der Waals surface area contributed by atoms with E-state index in [0.29, 0.717) is 25.1 Å². The Morgan fingerprint density at radius 3 is 2.51 bits per heavy atom. The van der Waals surface area contributed by atoms with E-state index in [0.717, 1.165) is 28.0 Å². The molecule has 0 bridgehead atoms. The van der Waals surface area contributed by atoms with E-state index in [-0.39, 0.29) is 17.9 Å². The molecule has 0 aliphatic carbocycles. The van der Waals surface area contributed by atoms with Gasteiger partial charge in [-0.25, -0.2) is 0 Å². The lowest BCUT2D eigenvalue weighted by molar-refractivity contribution is -0.131. The molecule has 1 aliphatic heterocycles. The zero-order valence-electron chi connectivity index (χ0n) is 20.4. The SMILES string of the molecule is CN(Cc1cc2ccccc2n1C)C(=O)c1ccc2c(c1)CN(C)C(=O)C(Cc1ccccc1)N2. The highest BCUT2D eigenvalue weighted by atomic mass is 16.2. The standard InChI is InChI=1S/C29H30N4O2/c1-31-18-23-16-22(13-14-25(23)30-26(29(31)35)15-20-9-5-4-6-10-20)28(34)32(2)19-24-17-21-11-7-8-12-27(21)33(24)3/h4-14,16-17,26,30H,15,18-19H2,1-3H3. The van der Waals surface area contributed by atoms with Gasteiger partial charge in [-0.05, 0) is 46.8 Å². The third-order valence-electron chi connectivity index (χ3n) is 6.84. The van der Waals surface area contributed by atoms with Crippen LogP contribution in [0.1, 0.15) is 27.2 Å². The van der Waals surface area contributed by atoms with E-state index in [1.807, 2.05) is 81.8 Å². The number of nitrogens with zero attached hydrogens (tertiary/aromatic N) is 3. The fraction of sp³-hybridized carbons (Fsp3) is 0.241. The van der Waals surface area contributed by atoms with Crippen LogP contribution in [0.15, 0.2) is 78.9 Å². The van der Waals surface area contributed by atoms with Crippen molar-refractivity contribution in [3.8, 4) is 0 Å². The maximum absolute atomic E-state index is 13.3. The number of para-hydroxylation sites is 1. The molecule has 178 valence electrons. The first kappa shape index (κ1) is 22.7. The topological polar surface area (TPSA) is 57.6 Å². The quantitative estimate of drug-likeness (QED) is 0.473. The summed E-state index contributed by atoms with van der Waals surface area (Å²) in [5.74, 6) is 0.00272. The predicted octanol–water partition coefficient (Wildman–Crippen LogP) is 4.45. The second-order valence-electron chi connectivity index (χ2n) is 9.37. The number of rotatable bonds is 5. The maximum Gasteiger partial charge on any atom is 0.253 e. The summed E-state index contributed by atoms with van der Waals surface area (Å²) in [7, 11) is 5.68. The molecule has 2 amide bonds. The summed E-state index contributed by atoms with van der Waals surface area (Å²) in [5, 5.41) is 4.59. The minimum atomic E-state index is -0.348. The van der Waals surface area contributed by atoms with E-state index in [1.54, 1.807) is 9.80 Å². The molecule has 1 atom stereocenters. The van der Waals surface area contributed by atoms with Crippen molar-refractivity contribution < 1.29 is 9.59 Å². The second kappa shape index (κ2) is 9.29. The van der Waals surface area contributed by atoms with Gasteiger partial charge in [0.05, 0.1) is 6.54 Å². The molecule has 0 fully saturated rings. The van der Waals surface area contributed by atoms with Crippen LogP contribution < -0.4 is 5.32 Å². The van der Waals surface area contributed by atoms with Crippen LogP contribution in [0.5, 0.6) is 0 Å². The Labute approximate surface area is 205 Å². The molecule has 0 saturated heterocycles. The Morgan fingerprint density at radius 2 is 1.74 bits per heavy atom. The summed E-state index contributed by atoms with van der Waals surface area (Å²) < 4.78 is 2.13. The third-order valence-corrected chi connectivity index (χ3v) is 6.84. The second-order valence-corrected chi connectivity index (χ2v) is 9.37. The molecule has 2 heterocycles. The number of carbonyl (C=O) groups is 2. The number of fused-ring (bicyclic) bond motifs is 2. The van der Waals surface area contributed by atoms with Crippen molar-refractivity contribution in [3.05, 3.63) is 101 Å². The van der Waals surface area contributed by atoms with E-state index in [2.05, 4.69) is 28.1 Å². The molecule has 4 aromatic rings. The van der Waals surface area contributed by atoms with Gasteiger partial charge in [-0.1, -0.05) is 48.5 Å². The molecule has 6 nitrogen and oxygen atoms in total. The molecular weight excluding hydrogens is 436 g/mol.